The molecular formula is C16H18BrN3O3S. The molecule has 0 radical (unpaired) electrons. The van der Waals surface area contributed by atoms with Gasteiger partial charge in [-0.3, -0.25) is 14.5 Å². The van der Waals surface area contributed by atoms with Gasteiger partial charge in [0.2, 0.25) is 5.91 Å². The zero-order chi connectivity index (χ0) is 16.9. The van der Waals surface area contributed by atoms with Gasteiger partial charge in [-0.2, -0.15) is 0 Å². The van der Waals surface area contributed by atoms with E-state index in [-0.39, 0.29) is 24.1 Å². The van der Waals surface area contributed by atoms with Crippen LogP contribution in [0.3, 0.4) is 0 Å². The third-order valence-corrected chi connectivity index (χ3v) is 5.49. The number of carbonyl (C=O) groups is 2. The number of piperazine rings is 1. The average molecular weight is 412 g/mol. The molecule has 0 atom stereocenters. The number of nitrogens with zero attached hydrogens (tertiary/aromatic N) is 2. The van der Waals surface area contributed by atoms with E-state index in [1.165, 1.54) is 11.1 Å². The van der Waals surface area contributed by atoms with E-state index in [1.807, 2.05) is 0 Å². The summed E-state index contributed by atoms with van der Waals surface area (Å²) in [7, 11) is 0. The highest BCUT2D eigenvalue weighted by atomic mass is 79.9. The molecule has 8 heteroatoms. The lowest BCUT2D eigenvalue weighted by molar-refractivity contribution is -0.131. The maximum atomic E-state index is 12.2. The minimum absolute atomic E-state index is 0.00257. The van der Waals surface area contributed by atoms with Crippen LogP contribution in [0.15, 0.2) is 38.7 Å². The summed E-state index contributed by atoms with van der Waals surface area (Å²) in [6, 6.07) is 7.39. The Bertz CT molecular complexity index is 693. The van der Waals surface area contributed by atoms with Crippen molar-refractivity contribution in [3.05, 3.63) is 45.0 Å². The summed E-state index contributed by atoms with van der Waals surface area (Å²) in [5.74, 6) is -0.210. The van der Waals surface area contributed by atoms with Crippen LogP contribution in [0.2, 0.25) is 0 Å². The van der Waals surface area contributed by atoms with Crippen molar-refractivity contribution in [2.45, 2.75) is 6.54 Å². The zero-order valence-electron chi connectivity index (χ0n) is 13.0. The van der Waals surface area contributed by atoms with Crippen molar-refractivity contribution in [3.63, 3.8) is 0 Å². The molecule has 1 aliphatic rings. The second-order valence-electron chi connectivity index (χ2n) is 5.52. The van der Waals surface area contributed by atoms with E-state index in [9.17, 15) is 9.59 Å². The molecule has 1 aliphatic heterocycles. The van der Waals surface area contributed by atoms with Crippen molar-refractivity contribution in [3.8, 4) is 0 Å². The maximum Gasteiger partial charge on any atom is 0.287 e. The van der Waals surface area contributed by atoms with E-state index >= 15 is 0 Å². The van der Waals surface area contributed by atoms with Gasteiger partial charge in [0, 0.05) is 37.6 Å². The maximum absolute atomic E-state index is 12.2. The van der Waals surface area contributed by atoms with Crippen molar-refractivity contribution in [2.75, 3.05) is 32.7 Å². The van der Waals surface area contributed by atoms with Gasteiger partial charge in [-0.25, -0.2) is 0 Å². The normalized spacial score (nSPS) is 15.5. The summed E-state index contributed by atoms with van der Waals surface area (Å²) in [5.41, 5.74) is 0. The molecule has 2 aromatic heterocycles. The van der Waals surface area contributed by atoms with E-state index in [1.54, 1.807) is 28.4 Å². The Labute approximate surface area is 152 Å². The van der Waals surface area contributed by atoms with Gasteiger partial charge in [-0.15, -0.1) is 11.3 Å². The summed E-state index contributed by atoms with van der Waals surface area (Å²) in [5, 5.41) is 2.59. The minimum Gasteiger partial charge on any atom is -0.459 e. The minimum atomic E-state index is -0.366. The second-order valence-corrected chi connectivity index (χ2v) is 8.07. The van der Waals surface area contributed by atoms with E-state index in [2.05, 4.69) is 38.3 Å². The van der Waals surface area contributed by atoms with E-state index in [0.717, 1.165) is 23.4 Å². The summed E-state index contributed by atoms with van der Waals surface area (Å²) in [4.78, 5) is 29.4. The first kappa shape index (κ1) is 17.2. The van der Waals surface area contributed by atoms with Gasteiger partial charge in [0.05, 0.1) is 16.6 Å². The number of rotatable bonds is 5. The van der Waals surface area contributed by atoms with Gasteiger partial charge in [0.15, 0.2) is 5.76 Å². The lowest BCUT2D eigenvalue weighted by Crippen LogP contribution is -2.50. The molecule has 1 N–H and O–H groups in total. The molecule has 3 heterocycles. The smallest absolute Gasteiger partial charge is 0.287 e. The number of halogens is 1. The van der Waals surface area contributed by atoms with Crippen LogP contribution in [-0.4, -0.2) is 54.3 Å². The highest BCUT2D eigenvalue weighted by Crippen LogP contribution is 2.23. The first-order chi connectivity index (χ1) is 11.6. The monoisotopic (exact) mass is 411 g/mol. The molecule has 0 saturated carbocycles. The van der Waals surface area contributed by atoms with E-state index in [0.29, 0.717) is 13.1 Å². The molecule has 0 aromatic carbocycles. The molecule has 2 amide bonds. The number of hydrogen-bond donors (Lipinski definition) is 1. The molecule has 6 nitrogen and oxygen atoms in total. The largest absolute Gasteiger partial charge is 0.459 e. The predicted molar refractivity (Wildman–Crippen MR) is 94.9 cm³/mol. The second kappa shape index (κ2) is 7.96. The number of hydrogen-bond acceptors (Lipinski definition) is 5. The zero-order valence-corrected chi connectivity index (χ0v) is 15.4. The molecule has 1 saturated heterocycles. The quantitative estimate of drug-likeness (QED) is 0.818. The molecule has 0 spiro atoms. The molecule has 3 rings (SSSR count). The van der Waals surface area contributed by atoms with Crippen molar-refractivity contribution in [1.82, 2.24) is 15.1 Å². The fourth-order valence-electron chi connectivity index (χ4n) is 2.58. The number of nitrogens with one attached hydrogen (secondary N) is 1. The van der Waals surface area contributed by atoms with E-state index in [4.69, 9.17) is 4.42 Å². The topological polar surface area (TPSA) is 65.8 Å². The lowest BCUT2D eigenvalue weighted by Gasteiger charge is -2.34. The summed E-state index contributed by atoms with van der Waals surface area (Å²) < 4.78 is 6.14. The summed E-state index contributed by atoms with van der Waals surface area (Å²) >= 11 is 5.21. The Morgan fingerprint density at radius 1 is 1.21 bits per heavy atom. The first-order valence-corrected chi connectivity index (χ1v) is 9.29. The highest BCUT2D eigenvalue weighted by Gasteiger charge is 2.22. The molecule has 0 aliphatic carbocycles. The third-order valence-electron chi connectivity index (χ3n) is 3.88. The van der Waals surface area contributed by atoms with Crippen molar-refractivity contribution in [2.24, 2.45) is 0 Å². The van der Waals surface area contributed by atoms with Crippen LogP contribution < -0.4 is 5.32 Å². The van der Waals surface area contributed by atoms with Gasteiger partial charge >= 0.3 is 0 Å². The average Bonchev–Trinajstić information content (AvgIpc) is 3.25. The number of carbonyl (C=O) groups excluding carboxylic acids is 2. The lowest BCUT2D eigenvalue weighted by atomic mass is 10.3. The van der Waals surface area contributed by atoms with Crippen LogP contribution in [-0.2, 0) is 11.3 Å². The molecule has 128 valence electrons. The number of thiophene rings is 1. The Kier molecular flexibility index (Phi) is 5.70. The van der Waals surface area contributed by atoms with Crippen molar-refractivity contribution in [1.29, 1.82) is 0 Å². The number of amides is 2. The Morgan fingerprint density at radius 2 is 2.00 bits per heavy atom. The van der Waals surface area contributed by atoms with E-state index < -0.39 is 0 Å². The molecule has 24 heavy (non-hydrogen) atoms. The van der Waals surface area contributed by atoms with Crippen LogP contribution in [0.25, 0.3) is 0 Å². The van der Waals surface area contributed by atoms with Crippen molar-refractivity contribution >= 4 is 39.1 Å². The predicted octanol–water partition coefficient (Wildman–Crippen LogP) is 2.18. The van der Waals surface area contributed by atoms with Gasteiger partial charge in [-0.1, -0.05) is 0 Å². The SMILES string of the molecule is O=C(NCC(=O)N1CCN(Cc2ccc(Br)s2)CC1)c1ccco1. The van der Waals surface area contributed by atoms with Crippen LogP contribution in [0.4, 0.5) is 0 Å². The fraction of sp³-hybridized carbons (Fsp3) is 0.375. The first-order valence-electron chi connectivity index (χ1n) is 7.68. The highest BCUT2D eigenvalue weighted by molar-refractivity contribution is 9.11. The Hall–Kier alpha value is -1.64. The van der Waals surface area contributed by atoms with Crippen LogP contribution >= 0.6 is 27.3 Å². The molecular weight excluding hydrogens is 394 g/mol. The standard InChI is InChI=1S/C16H18BrN3O3S/c17-14-4-3-12(24-14)11-19-5-7-20(8-6-19)15(21)10-18-16(22)13-2-1-9-23-13/h1-4,9H,5-8,10-11H2,(H,18,22). The van der Waals surface area contributed by atoms with Crippen molar-refractivity contribution < 1.29 is 14.0 Å². The molecule has 1 fully saturated rings. The Balaban J connectivity index is 1.41. The fourth-order valence-corrected chi connectivity index (χ4v) is 4.10. The number of furan rings is 1. The van der Waals surface area contributed by atoms with Gasteiger partial charge in [0.1, 0.15) is 0 Å². The molecule has 0 bridgehead atoms. The Morgan fingerprint density at radius 3 is 2.62 bits per heavy atom. The summed E-state index contributed by atoms with van der Waals surface area (Å²) in [6.45, 7) is 3.95. The summed E-state index contributed by atoms with van der Waals surface area (Å²) in [6.07, 6.45) is 1.43. The molecule has 0 unspecified atom stereocenters. The van der Waals surface area contributed by atoms with Gasteiger partial charge in [0.25, 0.3) is 5.91 Å². The molecule has 2 aromatic rings. The van der Waals surface area contributed by atoms with Crippen LogP contribution in [0.5, 0.6) is 0 Å². The van der Waals surface area contributed by atoms with Crippen LogP contribution in [0, 0.1) is 0 Å². The third kappa shape index (κ3) is 4.46. The van der Waals surface area contributed by atoms with Gasteiger partial charge < -0.3 is 14.6 Å². The van der Waals surface area contributed by atoms with Gasteiger partial charge in [-0.05, 0) is 40.2 Å². The van der Waals surface area contributed by atoms with Crippen LogP contribution in [0.1, 0.15) is 15.4 Å².